The van der Waals surface area contributed by atoms with Crippen molar-refractivity contribution >= 4 is 17.5 Å². The van der Waals surface area contributed by atoms with E-state index in [1.165, 1.54) is 6.07 Å². The lowest BCUT2D eigenvalue weighted by Crippen LogP contribution is -2.35. The van der Waals surface area contributed by atoms with E-state index in [9.17, 15) is 18.4 Å². The highest BCUT2D eigenvalue weighted by molar-refractivity contribution is 6.00. The minimum Gasteiger partial charge on any atom is -0.497 e. The first-order chi connectivity index (χ1) is 13.5. The van der Waals surface area contributed by atoms with Crippen molar-refractivity contribution in [2.75, 3.05) is 31.7 Å². The maximum absolute atomic E-state index is 13.9. The number of hydrogen-bond acceptors (Lipinski definition) is 4. The Morgan fingerprint density at radius 3 is 2.43 bits per heavy atom. The Morgan fingerprint density at radius 2 is 1.79 bits per heavy atom. The maximum atomic E-state index is 13.9. The summed E-state index contributed by atoms with van der Waals surface area (Å²) in [5.74, 6) is -1.84. The summed E-state index contributed by atoms with van der Waals surface area (Å²) in [5.41, 5.74) is -0.411. The number of benzene rings is 2. The van der Waals surface area contributed by atoms with E-state index in [0.29, 0.717) is 11.5 Å². The fourth-order valence-corrected chi connectivity index (χ4v) is 3.01. The number of amides is 2. The molecule has 3 rings (SSSR count). The monoisotopic (exact) mass is 390 g/mol. The molecule has 1 N–H and O–H groups in total. The van der Waals surface area contributed by atoms with Gasteiger partial charge in [-0.2, -0.15) is 0 Å². The van der Waals surface area contributed by atoms with Crippen LogP contribution in [0.15, 0.2) is 42.5 Å². The highest BCUT2D eigenvalue weighted by Gasteiger charge is 2.37. The Morgan fingerprint density at radius 1 is 1.14 bits per heavy atom. The number of methoxy groups -OCH3 is 1. The van der Waals surface area contributed by atoms with Gasteiger partial charge in [0.05, 0.1) is 19.6 Å². The van der Waals surface area contributed by atoms with Crippen molar-refractivity contribution in [1.82, 2.24) is 5.32 Å². The summed E-state index contributed by atoms with van der Waals surface area (Å²) in [5, 5.41) is 2.68. The van der Waals surface area contributed by atoms with Crippen LogP contribution in [0.4, 0.5) is 14.5 Å². The molecule has 1 aliphatic rings. The first-order valence-corrected chi connectivity index (χ1v) is 8.78. The molecule has 1 atom stereocenters. The second kappa shape index (κ2) is 8.69. The number of carbonyl (C=O) groups excluding carboxylic acids is 2. The minimum atomic E-state index is -0.831. The molecule has 0 aromatic heterocycles. The van der Waals surface area contributed by atoms with E-state index in [0.717, 1.165) is 17.0 Å². The van der Waals surface area contributed by atoms with Gasteiger partial charge in [0, 0.05) is 13.0 Å². The molecule has 0 aliphatic carbocycles. The molecule has 0 bridgehead atoms. The zero-order valence-electron chi connectivity index (χ0n) is 15.3. The number of nitrogens with one attached hydrogen (secondary N) is 1. The Hall–Kier alpha value is -3.16. The molecule has 0 saturated carbocycles. The molecule has 1 aliphatic heterocycles. The first kappa shape index (κ1) is 19.6. The molecule has 6 nitrogen and oxygen atoms in total. The van der Waals surface area contributed by atoms with Crippen molar-refractivity contribution in [2.45, 2.75) is 6.42 Å². The average molecular weight is 390 g/mol. The van der Waals surface area contributed by atoms with Crippen LogP contribution in [0.5, 0.6) is 11.5 Å². The number of para-hydroxylation sites is 1. The van der Waals surface area contributed by atoms with Gasteiger partial charge >= 0.3 is 0 Å². The molecule has 148 valence electrons. The predicted octanol–water partition coefficient (Wildman–Crippen LogP) is 2.52. The summed E-state index contributed by atoms with van der Waals surface area (Å²) in [6.07, 6.45) is -0.0983. The number of ether oxygens (including phenoxy) is 2. The van der Waals surface area contributed by atoms with Gasteiger partial charge in [0.1, 0.15) is 35.4 Å². The molecule has 2 aromatic rings. The fourth-order valence-electron chi connectivity index (χ4n) is 3.01. The van der Waals surface area contributed by atoms with Crippen LogP contribution in [0.25, 0.3) is 0 Å². The summed E-state index contributed by atoms with van der Waals surface area (Å²) in [6.45, 7) is 0.413. The van der Waals surface area contributed by atoms with Crippen LogP contribution in [-0.4, -0.2) is 38.6 Å². The van der Waals surface area contributed by atoms with E-state index in [-0.39, 0.29) is 32.0 Å². The van der Waals surface area contributed by atoms with Gasteiger partial charge in [-0.1, -0.05) is 6.07 Å². The van der Waals surface area contributed by atoms with Crippen molar-refractivity contribution in [3.63, 3.8) is 0 Å². The number of anilines is 1. The summed E-state index contributed by atoms with van der Waals surface area (Å²) in [4.78, 5) is 25.4. The molecule has 28 heavy (non-hydrogen) atoms. The van der Waals surface area contributed by atoms with Crippen molar-refractivity contribution in [2.24, 2.45) is 5.92 Å². The van der Waals surface area contributed by atoms with E-state index < -0.39 is 29.1 Å². The zero-order chi connectivity index (χ0) is 20.1. The van der Waals surface area contributed by atoms with Gasteiger partial charge in [0.15, 0.2) is 0 Å². The van der Waals surface area contributed by atoms with Crippen molar-refractivity contribution in [3.8, 4) is 11.5 Å². The predicted molar refractivity (Wildman–Crippen MR) is 98.3 cm³/mol. The molecule has 2 amide bonds. The summed E-state index contributed by atoms with van der Waals surface area (Å²) in [6, 6.07) is 10.4. The minimum absolute atomic E-state index is 0.0676. The summed E-state index contributed by atoms with van der Waals surface area (Å²) in [7, 11) is 1.57. The van der Waals surface area contributed by atoms with Gasteiger partial charge in [-0.25, -0.2) is 8.78 Å². The van der Waals surface area contributed by atoms with Crippen LogP contribution in [-0.2, 0) is 9.59 Å². The third-order valence-electron chi connectivity index (χ3n) is 4.43. The second-order valence-electron chi connectivity index (χ2n) is 6.29. The summed E-state index contributed by atoms with van der Waals surface area (Å²) >= 11 is 0. The Labute approximate surface area is 161 Å². The molecule has 8 heteroatoms. The zero-order valence-corrected chi connectivity index (χ0v) is 15.3. The molecule has 0 radical (unpaired) electrons. The van der Waals surface area contributed by atoms with Gasteiger partial charge in [0.2, 0.25) is 11.8 Å². The van der Waals surface area contributed by atoms with Crippen LogP contribution in [0.3, 0.4) is 0 Å². The number of carbonyl (C=O) groups is 2. The largest absolute Gasteiger partial charge is 0.497 e. The Kier molecular flexibility index (Phi) is 6.08. The lowest BCUT2D eigenvalue weighted by molar-refractivity contribution is -0.126. The molecule has 0 spiro atoms. The van der Waals surface area contributed by atoms with E-state index in [2.05, 4.69) is 5.32 Å². The van der Waals surface area contributed by atoms with Crippen molar-refractivity contribution in [1.29, 1.82) is 0 Å². The van der Waals surface area contributed by atoms with Gasteiger partial charge in [0.25, 0.3) is 0 Å². The Bertz CT molecular complexity index is 838. The highest BCUT2D eigenvalue weighted by atomic mass is 19.1. The number of halogens is 2. The van der Waals surface area contributed by atoms with E-state index in [1.807, 2.05) is 0 Å². The van der Waals surface area contributed by atoms with Gasteiger partial charge in [-0.05, 0) is 36.4 Å². The molecule has 1 unspecified atom stereocenters. The number of hydrogen-bond donors (Lipinski definition) is 1. The normalized spacial score (nSPS) is 16.2. The lowest BCUT2D eigenvalue weighted by atomic mass is 10.1. The van der Waals surface area contributed by atoms with Crippen LogP contribution in [0, 0.1) is 17.6 Å². The third kappa shape index (κ3) is 4.39. The van der Waals surface area contributed by atoms with Crippen molar-refractivity contribution in [3.05, 3.63) is 54.1 Å². The highest BCUT2D eigenvalue weighted by Crippen LogP contribution is 2.29. The van der Waals surface area contributed by atoms with Gasteiger partial charge in [-0.3, -0.25) is 9.59 Å². The van der Waals surface area contributed by atoms with Gasteiger partial charge < -0.3 is 19.7 Å². The summed E-state index contributed by atoms with van der Waals surface area (Å²) < 4.78 is 38.4. The number of rotatable bonds is 7. The molecule has 1 heterocycles. The fraction of sp³-hybridized carbons (Fsp3) is 0.300. The molecular weight excluding hydrogens is 370 g/mol. The SMILES string of the molecule is COc1ccc(OCCNC(=O)C2CC(=O)N(c3c(F)cccc3F)C2)cc1. The molecule has 1 fully saturated rings. The molecule has 1 saturated heterocycles. The van der Waals surface area contributed by atoms with Crippen LogP contribution < -0.4 is 19.7 Å². The van der Waals surface area contributed by atoms with E-state index in [1.54, 1.807) is 31.4 Å². The quantitative estimate of drug-likeness (QED) is 0.738. The standard InChI is InChI=1S/C20H20F2N2O4/c1-27-14-5-7-15(8-6-14)28-10-9-23-20(26)13-11-18(25)24(12-13)19-16(21)3-2-4-17(19)22/h2-8,13H,9-12H2,1H3,(H,23,26). The van der Waals surface area contributed by atoms with E-state index in [4.69, 9.17) is 9.47 Å². The van der Waals surface area contributed by atoms with Gasteiger partial charge in [-0.15, -0.1) is 0 Å². The van der Waals surface area contributed by atoms with Crippen LogP contribution in [0.2, 0.25) is 0 Å². The van der Waals surface area contributed by atoms with Crippen molar-refractivity contribution < 1.29 is 27.8 Å². The Balaban J connectivity index is 1.49. The van der Waals surface area contributed by atoms with E-state index >= 15 is 0 Å². The maximum Gasteiger partial charge on any atom is 0.228 e. The van der Waals surface area contributed by atoms with Crippen LogP contribution >= 0.6 is 0 Å². The molecular formula is C20H20F2N2O4. The smallest absolute Gasteiger partial charge is 0.228 e. The second-order valence-corrected chi connectivity index (χ2v) is 6.29. The molecule has 2 aromatic carbocycles. The first-order valence-electron chi connectivity index (χ1n) is 8.78. The average Bonchev–Trinajstić information content (AvgIpc) is 3.07. The third-order valence-corrected chi connectivity index (χ3v) is 4.43. The topological polar surface area (TPSA) is 67.9 Å². The number of nitrogens with zero attached hydrogens (tertiary/aromatic N) is 1. The lowest BCUT2D eigenvalue weighted by Gasteiger charge is -2.18. The van der Waals surface area contributed by atoms with Crippen LogP contribution in [0.1, 0.15) is 6.42 Å².